The van der Waals surface area contributed by atoms with Gasteiger partial charge in [0, 0.05) is 31.9 Å². The Morgan fingerprint density at radius 2 is 2.00 bits per heavy atom. The summed E-state index contributed by atoms with van der Waals surface area (Å²) in [6, 6.07) is 1.84. The number of likely N-dealkylation sites (N-methyl/N-ethyl adjacent to an activating group) is 1. The van der Waals surface area contributed by atoms with Crippen LogP contribution in [0.5, 0.6) is 0 Å². The molecular formula is C15H20N4O2. The monoisotopic (exact) mass is 288 g/mol. The smallest absolute Gasteiger partial charge is 0.272 e. The molecule has 4 rings (SSSR count). The van der Waals surface area contributed by atoms with Crippen LogP contribution in [-0.2, 0) is 4.79 Å². The number of amides is 2. The van der Waals surface area contributed by atoms with Crippen molar-refractivity contribution in [2.45, 2.75) is 32.7 Å². The average molecular weight is 288 g/mol. The summed E-state index contributed by atoms with van der Waals surface area (Å²) >= 11 is 0. The van der Waals surface area contributed by atoms with Crippen molar-refractivity contribution in [3.8, 4) is 0 Å². The van der Waals surface area contributed by atoms with E-state index >= 15 is 0 Å². The van der Waals surface area contributed by atoms with Gasteiger partial charge in [0.2, 0.25) is 5.91 Å². The maximum Gasteiger partial charge on any atom is 0.272 e. The number of nitrogens with zero attached hydrogens (tertiary/aromatic N) is 4. The molecule has 21 heavy (non-hydrogen) atoms. The van der Waals surface area contributed by atoms with Gasteiger partial charge in [-0.15, -0.1) is 0 Å². The largest absolute Gasteiger partial charge is 0.341 e. The van der Waals surface area contributed by atoms with E-state index in [4.69, 9.17) is 0 Å². The van der Waals surface area contributed by atoms with Crippen LogP contribution in [0.2, 0.25) is 0 Å². The van der Waals surface area contributed by atoms with Crippen molar-refractivity contribution >= 4 is 11.8 Å². The first-order valence-corrected chi connectivity index (χ1v) is 7.34. The Morgan fingerprint density at radius 1 is 1.24 bits per heavy atom. The molecule has 1 aromatic heterocycles. The number of rotatable bonds is 1. The lowest BCUT2D eigenvalue weighted by Gasteiger charge is -2.32. The zero-order valence-corrected chi connectivity index (χ0v) is 12.7. The van der Waals surface area contributed by atoms with Crippen molar-refractivity contribution in [1.29, 1.82) is 0 Å². The highest BCUT2D eigenvalue weighted by molar-refractivity contribution is 5.93. The van der Waals surface area contributed by atoms with E-state index in [-0.39, 0.29) is 23.8 Å². The van der Waals surface area contributed by atoms with Crippen LogP contribution < -0.4 is 0 Å². The molecule has 3 fully saturated rings. The first kappa shape index (κ1) is 14.0. The predicted octanol–water partition coefficient (Wildman–Crippen LogP) is 0.786. The fourth-order valence-corrected chi connectivity index (χ4v) is 3.31. The zero-order valence-electron chi connectivity index (χ0n) is 12.7. The van der Waals surface area contributed by atoms with Gasteiger partial charge in [-0.05, 0) is 32.8 Å². The number of carbonyl (C=O) groups is 2. The van der Waals surface area contributed by atoms with E-state index in [1.54, 1.807) is 22.8 Å². The molecule has 1 aromatic rings. The summed E-state index contributed by atoms with van der Waals surface area (Å²) in [4.78, 5) is 36.9. The van der Waals surface area contributed by atoms with Gasteiger partial charge in [-0.2, -0.15) is 0 Å². The number of carbonyl (C=O) groups excluding carboxylic acids is 2. The number of piperidine rings is 1. The van der Waals surface area contributed by atoms with E-state index in [1.807, 2.05) is 14.0 Å². The lowest BCUT2D eigenvalue weighted by molar-refractivity contribution is -0.138. The van der Waals surface area contributed by atoms with E-state index in [9.17, 15) is 9.59 Å². The van der Waals surface area contributed by atoms with E-state index in [1.165, 1.54) is 0 Å². The molecule has 2 atom stereocenters. The molecule has 6 heteroatoms. The molecule has 2 amide bonds. The second-order valence-electron chi connectivity index (χ2n) is 6.03. The maximum atomic E-state index is 12.7. The van der Waals surface area contributed by atoms with Gasteiger partial charge in [0.25, 0.3) is 5.91 Å². The molecule has 3 aliphatic rings. The van der Waals surface area contributed by atoms with Gasteiger partial charge < -0.3 is 9.80 Å². The van der Waals surface area contributed by atoms with E-state index < -0.39 is 0 Å². The van der Waals surface area contributed by atoms with Crippen molar-refractivity contribution < 1.29 is 9.59 Å². The molecule has 0 saturated carbocycles. The fraction of sp³-hybridized carbons (Fsp3) is 0.600. The summed E-state index contributed by atoms with van der Waals surface area (Å²) in [7, 11) is 1.84. The highest BCUT2D eigenvalue weighted by atomic mass is 16.2. The molecule has 0 radical (unpaired) electrons. The SMILES string of the molecule is Cc1cc(C(=O)N2C[C@H]3CC[C@@H](C2)N(C)C3=O)nc(C)n1. The molecule has 0 N–H and O–H groups in total. The Labute approximate surface area is 124 Å². The fourth-order valence-electron chi connectivity index (χ4n) is 3.31. The van der Waals surface area contributed by atoms with Gasteiger partial charge in [-0.3, -0.25) is 9.59 Å². The highest BCUT2D eigenvalue weighted by Crippen LogP contribution is 2.28. The Balaban J connectivity index is 1.87. The number of hydrogen-bond donors (Lipinski definition) is 0. The molecule has 4 heterocycles. The van der Waals surface area contributed by atoms with Gasteiger partial charge in [0.05, 0.1) is 5.92 Å². The van der Waals surface area contributed by atoms with Gasteiger partial charge in [0.1, 0.15) is 11.5 Å². The van der Waals surface area contributed by atoms with Crippen molar-refractivity contribution in [3.05, 3.63) is 23.3 Å². The molecule has 0 unspecified atom stereocenters. The molecule has 6 nitrogen and oxygen atoms in total. The Kier molecular flexibility index (Phi) is 3.39. The number of aryl methyl sites for hydroxylation is 2. The van der Waals surface area contributed by atoms with E-state index in [0.29, 0.717) is 24.6 Å². The lowest BCUT2D eigenvalue weighted by atomic mass is 9.95. The Bertz CT molecular complexity index is 581. The van der Waals surface area contributed by atoms with Crippen molar-refractivity contribution in [2.75, 3.05) is 20.1 Å². The molecular weight excluding hydrogens is 268 g/mol. The van der Waals surface area contributed by atoms with Crippen LogP contribution in [0, 0.1) is 19.8 Å². The average Bonchev–Trinajstić information content (AvgIpc) is 2.71. The second kappa shape index (κ2) is 5.09. The highest BCUT2D eigenvalue weighted by Gasteiger charge is 2.40. The van der Waals surface area contributed by atoms with Crippen LogP contribution in [0.4, 0.5) is 0 Å². The number of hydrogen-bond acceptors (Lipinski definition) is 4. The predicted molar refractivity (Wildman–Crippen MR) is 76.7 cm³/mol. The minimum atomic E-state index is -0.0939. The summed E-state index contributed by atoms with van der Waals surface area (Å²) in [6.45, 7) is 4.74. The number of aromatic nitrogens is 2. The lowest BCUT2D eigenvalue weighted by Crippen LogP contribution is -2.45. The van der Waals surface area contributed by atoms with Gasteiger partial charge in [0.15, 0.2) is 0 Å². The molecule has 0 spiro atoms. The molecule has 112 valence electrons. The minimum Gasteiger partial charge on any atom is -0.341 e. The molecule has 2 bridgehead atoms. The maximum absolute atomic E-state index is 12.7. The minimum absolute atomic E-state index is 0.0678. The molecule has 3 aliphatic heterocycles. The second-order valence-corrected chi connectivity index (χ2v) is 6.03. The summed E-state index contributed by atoms with van der Waals surface area (Å²) in [5.41, 5.74) is 1.22. The van der Waals surface area contributed by atoms with Gasteiger partial charge in [-0.25, -0.2) is 9.97 Å². The zero-order chi connectivity index (χ0) is 15.1. The van der Waals surface area contributed by atoms with Gasteiger partial charge >= 0.3 is 0 Å². The van der Waals surface area contributed by atoms with Crippen LogP contribution in [0.1, 0.15) is 34.8 Å². The Hall–Kier alpha value is -1.98. The first-order chi connectivity index (χ1) is 9.95. The molecule has 3 saturated heterocycles. The van der Waals surface area contributed by atoms with Crippen molar-refractivity contribution in [1.82, 2.24) is 19.8 Å². The standard InChI is InChI=1S/C15H20N4O2/c1-9-6-13(17-10(2)16-9)15(21)19-7-11-4-5-12(8-19)18(3)14(11)20/h6,11-12H,4-5,7-8H2,1-3H3/t11-,12+/m1/s1. The van der Waals surface area contributed by atoms with Crippen molar-refractivity contribution in [3.63, 3.8) is 0 Å². The van der Waals surface area contributed by atoms with Crippen LogP contribution in [0.15, 0.2) is 6.07 Å². The summed E-state index contributed by atoms with van der Waals surface area (Å²) in [5, 5.41) is 0. The van der Waals surface area contributed by atoms with Crippen LogP contribution in [-0.4, -0.2) is 57.8 Å². The third-order valence-corrected chi connectivity index (χ3v) is 4.44. The molecule has 0 aromatic carbocycles. The third-order valence-electron chi connectivity index (χ3n) is 4.44. The summed E-state index contributed by atoms with van der Waals surface area (Å²) in [6.07, 6.45) is 1.85. The Morgan fingerprint density at radius 3 is 2.71 bits per heavy atom. The third kappa shape index (κ3) is 2.50. The van der Waals surface area contributed by atoms with Crippen LogP contribution >= 0.6 is 0 Å². The number of fused-ring (bicyclic) bond motifs is 4. The topological polar surface area (TPSA) is 66.4 Å². The van der Waals surface area contributed by atoms with Crippen LogP contribution in [0.3, 0.4) is 0 Å². The van der Waals surface area contributed by atoms with Crippen LogP contribution in [0.25, 0.3) is 0 Å². The van der Waals surface area contributed by atoms with Gasteiger partial charge in [-0.1, -0.05) is 0 Å². The van der Waals surface area contributed by atoms with E-state index in [2.05, 4.69) is 9.97 Å². The molecule has 0 aliphatic carbocycles. The summed E-state index contributed by atoms with van der Waals surface area (Å²) in [5.74, 6) is 0.603. The van der Waals surface area contributed by atoms with Crippen molar-refractivity contribution in [2.24, 2.45) is 5.92 Å². The summed E-state index contributed by atoms with van der Waals surface area (Å²) < 4.78 is 0. The normalized spacial score (nSPS) is 25.2. The quantitative estimate of drug-likeness (QED) is 0.766. The first-order valence-electron chi connectivity index (χ1n) is 7.34. The van der Waals surface area contributed by atoms with E-state index in [0.717, 1.165) is 18.5 Å².